The fourth-order valence-electron chi connectivity index (χ4n) is 4.76. The molecular formula is C29H25F3N2O2. The molecule has 0 saturated carbocycles. The van der Waals surface area contributed by atoms with Crippen LogP contribution >= 0.6 is 0 Å². The second-order valence-corrected chi connectivity index (χ2v) is 9.13. The van der Waals surface area contributed by atoms with E-state index in [9.17, 15) is 18.0 Å². The van der Waals surface area contributed by atoms with E-state index in [4.69, 9.17) is 4.42 Å². The van der Waals surface area contributed by atoms with Gasteiger partial charge in [0.1, 0.15) is 0 Å². The number of alkyl halides is 3. The van der Waals surface area contributed by atoms with Crippen molar-refractivity contribution >= 4 is 11.6 Å². The SMILES string of the molecule is Cc1cccc(C(=O)Nc2ccc3c(c2)CC(NCc2ccoc2)C3)c1-c1ccc(C(F)(F)F)cc1. The lowest BCUT2D eigenvalue weighted by atomic mass is 9.93. The van der Waals surface area contributed by atoms with Crippen LogP contribution in [0, 0.1) is 6.92 Å². The molecule has 0 aliphatic heterocycles. The Morgan fingerprint density at radius 2 is 1.78 bits per heavy atom. The van der Waals surface area contributed by atoms with Crippen molar-refractivity contribution in [1.29, 1.82) is 0 Å². The van der Waals surface area contributed by atoms with Crippen molar-refractivity contribution in [2.75, 3.05) is 5.32 Å². The number of anilines is 1. The minimum Gasteiger partial charge on any atom is -0.472 e. The van der Waals surface area contributed by atoms with E-state index in [1.54, 1.807) is 24.7 Å². The molecule has 7 heteroatoms. The Morgan fingerprint density at radius 1 is 1.00 bits per heavy atom. The number of fused-ring (bicyclic) bond motifs is 1. The van der Waals surface area contributed by atoms with Gasteiger partial charge in [0.25, 0.3) is 5.91 Å². The van der Waals surface area contributed by atoms with Gasteiger partial charge in [0.2, 0.25) is 0 Å². The van der Waals surface area contributed by atoms with Gasteiger partial charge in [0, 0.05) is 29.4 Å². The largest absolute Gasteiger partial charge is 0.472 e. The molecule has 1 aromatic heterocycles. The molecule has 1 unspecified atom stereocenters. The summed E-state index contributed by atoms with van der Waals surface area (Å²) in [6.45, 7) is 2.58. The van der Waals surface area contributed by atoms with Crippen LogP contribution < -0.4 is 10.6 Å². The van der Waals surface area contributed by atoms with Crippen LogP contribution in [-0.2, 0) is 25.6 Å². The summed E-state index contributed by atoms with van der Waals surface area (Å²) in [5.41, 5.74) is 5.90. The Morgan fingerprint density at radius 3 is 2.50 bits per heavy atom. The molecule has 5 rings (SSSR count). The summed E-state index contributed by atoms with van der Waals surface area (Å²) in [6.07, 6.45) is 0.751. The first-order valence-corrected chi connectivity index (χ1v) is 11.7. The number of amides is 1. The van der Waals surface area contributed by atoms with Gasteiger partial charge in [-0.15, -0.1) is 0 Å². The van der Waals surface area contributed by atoms with Crippen molar-refractivity contribution in [3.05, 3.63) is 113 Å². The molecule has 4 aromatic rings. The van der Waals surface area contributed by atoms with Gasteiger partial charge >= 0.3 is 6.18 Å². The standard InChI is InChI=1S/C29H25F3N2O2/c1-18-3-2-4-26(27(18)20-5-8-23(9-6-20)29(30,31)32)28(35)34-24-10-7-21-13-25(15-22(21)14-24)33-16-19-11-12-36-17-19/h2-12,14,17,25,33H,13,15-16H2,1H3,(H,34,35). The summed E-state index contributed by atoms with van der Waals surface area (Å²) in [5.74, 6) is -0.304. The highest BCUT2D eigenvalue weighted by Gasteiger charge is 2.30. The minimum absolute atomic E-state index is 0.304. The van der Waals surface area contributed by atoms with Crippen molar-refractivity contribution < 1.29 is 22.4 Å². The molecular weight excluding hydrogens is 465 g/mol. The van der Waals surface area contributed by atoms with Crippen LogP contribution in [0.2, 0.25) is 0 Å². The number of nitrogens with one attached hydrogen (secondary N) is 2. The zero-order chi connectivity index (χ0) is 25.3. The van der Waals surface area contributed by atoms with Crippen LogP contribution in [0.15, 0.2) is 83.7 Å². The molecule has 1 amide bonds. The molecule has 0 saturated heterocycles. The highest BCUT2D eigenvalue weighted by molar-refractivity contribution is 6.09. The Bertz CT molecular complexity index is 1380. The molecule has 0 bridgehead atoms. The number of halogens is 3. The van der Waals surface area contributed by atoms with Crippen molar-refractivity contribution in [3.63, 3.8) is 0 Å². The molecule has 184 valence electrons. The molecule has 1 atom stereocenters. The lowest BCUT2D eigenvalue weighted by molar-refractivity contribution is -0.137. The zero-order valence-corrected chi connectivity index (χ0v) is 19.7. The van der Waals surface area contributed by atoms with Crippen molar-refractivity contribution in [2.45, 2.75) is 38.5 Å². The Balaban J connectivity index is 1.32. The number of rotatable bonds is 6. The summed E-state index contributed by atoms with van der Waals surface area (Å²) in [5, 5.41) is 6.52. The van der Waals surface area contributed by atoms with Crippen LogP contribution in [0.4, 0.5) is 18.9 Å². The maximum absolute atomic E-state index is 13.3. The molecule has 1 aliphatic rings. The predicted octanol–water partition coefficient (Wildman–Crippen LogP) is 6.78. The molecule has 0 fully saturated rings. The molecule has 0 radical (unpaired) electrons. The zero-order valence-electron chi connectivity index (χ0n) is 19.7. The van der Waals surface area contributed by atoms with Gasteiger partial charge in [-0.3, -0.25) is 4.79 Å². The fourth-order valence-corrected chi connectivity index (χ4v) is 4.76. The number of hydrogen-bond donors (Lipinski definition) is 2. The monoisotopic (exact) mass is 490 g/mol. The van der Waals surface area contributed by atoms with Crippen LogP contribution in [0.3, 0.4) is 0 Å². The topological polar surface area (TPSA) is 54.3 Å². The smallest absolute Gasteiger partial charge is 0.416 e. The van der Waals surface area contributed by atoms with Gasteiger partial charge in [-0.2, -0.15) is 13.2 Å². The van der Waals surface area contributed by atoms with Gasteiger partial charge in [0.05, 0.1) is 18.1 Å². The number of carbonyl (C=O) groups is 1. The Labute approximate surface area is 207 Å². The molecule has 1 aliphatic carbocycles. The van der Waals surface area contributed by atoms with Gasteiger partial charge < -0.3 is 15.1 Å². The quantitative estimate of drug-likeness (QED) is 0.313. The van der Waals surface area contributed by atoms with Crippen LogP contribution in [-0.4, -0.2) is 11.9 Å². The highest BCUT2D eigenvalue weighted by atomic mass is 19.4. The molecule has 0 spiro atoms. The average molecular weight is 491 g/mol. The van der Waals surface area contributed by atoms with E-state index in [0.717, 1.165) is 42.6 Å². The summed E-state index contributed by atoms with van der Waals surface area (Å²) in [6, 6.07) is 18.4. The molecule has 1 heterocycles. The second-order valence-electron chi connectivity index (χ2n) is 9.13. The summed E-state index contributed by atoms with van der Waals surface area (Å²) >= 11 is 0. The Kier molecular flexibility index (Phi) is 6.41. The number of benzene rings is 3. The molecule has 36 heavy (non-hydrogen) atoms. The lowest BCUT2D eigenvalue weighted by Crippen LogP contribution is -2.28. The van der Waals surface area contributed by atoms with E-state index in [0.29, 0.717) is 28.4 Å². The number of hydrogen-bond acceptors (Lipinski definition) is 3. The van der Waals surface area contributed by atoms with Crippen LogP contribution in [0.25, 0.3) is 11.1 Å². The number of furan rings is 1. The highest BCUT2D eigenvalue weighted by Crippen LogP contribution is 2.34. The fraction of sp³-hybridized carbons (Fsp3) is 0.207. The maximum atomic E-state index is 13.3. The van der Waals surface area contributed by atoms with Crippen molar-refractivity contribution in [2.24, 2.45) is 0 Å². The van der Waals surface area contributed by atoms with Gasteiger partial charge in [-0.05, 0) is 84.0 Å². The van der Waals surface area contributed by atoms with Gasteiger partial charge in [-0.25, -0.2) is 0 Å². The number of carbonyl (C=O) groups excluding carboxylic acids is 1. The van der Waals surface area contributed by atoms with E-state index in [-0.39, 0.29) is 5.91 Å². The third-order valence-electron chi connectivity index (χ3n) is 6.59. The van der Waals surface area contributed by atoms with E-state index >= 15 is 0 Å². The predicted molar refractivity (Wildman–Crippen MR) is 133 cm³/mol. The van der Waals surface area contributed by atoms with Crippen LogP contribution in [0.5, 0.6) is 0 Å². The van der Waals surface area contributed by atoms with E-state index in [2.05, 4.69) is 10.6 Å². The second kappa shape index (κ2) is 9.66. The average Bonchev–Trinajstić information content (AvgIpc) is 3.51. The summed E-state index contributed by atoms with van der Waals surface area (Å²) < 4.78 is 44.1. The van der Waals surface area contributed by atoms with Gasteiger partial charge in [0.15, 0.2) is 0 Å². The number of aryl methyl sites for hydroxylation is 1. The minimum atomic E-state index is -4.41. The Hall–Kier alpha value is -3.84. The van der Waals surface area contributed by atoms with E-state index in [1.807, 2.05) is 37.3 Å². The molecule has 3 aromatic carbocycles. The maximum Gasteiger partial charge on any atom is 0.416 e. The normalized spacial score (nSPS) is 15.1. The first-order chi connectivity index (χ1) is 17.3. The summed E-state index contributed by atoms with van der Waals surface area (Å²) in [7, 11) is 0. The first kappa shape index (κ1) is 23.9. The third kappa shape index (κ3) is 5.06. The van der Waals surface area contributed by atoms with E-state index in [1.165, 1.54) is 23.3 Å². The van der Waals surface area contributed by atoms with Crippen LogP contribution in [0.1, 0.15) is 38.2 Å². The lowest BCUT2D eigenvalue weighted by Gasteiger charge is -2.15. The molecule has 4 nitrogen and oxygen atoms in total. The van der Waals surface area contributed by atoms with E-state index < -0.39 is 11.7 Å². The third-order valence-corrected chi connectivity index (χ3v) is 6.59. The summed E-state index contributed by atoms with van der Waals surface area (Å²) in [4.78, 5) is 13.3. The molecule has 2 N–H and O–H groups in total. The van der Waals surface area contributed by atoms with Crippen molar-refractivity contribution in [1.82, 2.24) is 5.32 Å². The van der Waals surface area contributed by atoms with Crippen molar-refractivity contribution in [3.8, 4) is 11.1 Å². The van der Waals surface area contributed by atoms with Gasteiger partial charge in [-0.1, -0.05) is 30.3 Å². The first-order valence-electron chi connectivity index (χ1n) is 11.7.